The smallest absolute Gasteiger partial charge is 0.338 e. The molecule has 40 heavy (non-hydrogen) atoms. The van der Waals surface area contributed by atoms with Crippen LogP contribution in [0.2, 0.25) is 10.0 Å². The highest BCUT2D eigenvalue weighted by Gasteiger charge is 2.25. The van der Waals surface area contributed by atoms with Gasteiger partial charge < -0.3 is 19.9 Å². The molecule has 1 heterocycles. The van der Waals surface area contributed by atoms with Crippen LogP contribution in [-0.4, -0.2) is 44.4 Å². The first-order valence-electron chi connectivity index (χ1n) is 12.9. The van der Waals surface area contributed by atoms with Gasteiger partial charge in [0.25, 0.3) is 5.91 Å². The van der Waals surface area contributed by atoms with E-state index in [0.717, 1.165) is 0 Å². The molecule has 3 rings (SSSR count). The molecule has 2 aromatic carbocycles. The standard InChI is InChI=1S/C28H33Cl2N5O4S/c1-6-35-25(23(12-16(2)3)32-26(37)21-11-10-19(29)14-22(21)30)33-34-28(35)40-15-24(36)31-20-9-7-8-18(13-20)27(38)39-17(4)5/h7-11,13-14,16-17,23H,6,12,15H2,1-5H3,(H,31,36)(H,32,37)/t23-/m1/s1. The molecule has 0 fully saturated rings. The molecule has 0 aliphatic carbocycles. The Morgan fingerprint density at radius 2 is 1.80 bits per heavy atom. The zero-order valence-electron chi connectivity index (χ0n) is 23.0. The summed E-state index contributed by atoms with van der Waals surface area (Å²) >= 11 is 13.5. The largest absolute Gasteiger partial charge is 0.459 e. The van der Waals surface area contributed by atoms with Crippen molar-refractivity contribution in [2.75, 3.05) is 11.1 Å². The molecule has 0 spiro atoms. The Kier molecular flexibility index (Phi) is 11.4. The quantitative estimate of drug-likeness (QED) is 0.181. The number of anilines is 1. The lowest BCUT2D eigenvalue weighted by molar-refractivity contribution is -0.113. The van der Waals surface area contributed by atoms with Crippen LogP contribution < -0.4 is 10.6 Å². The number of aromatic nitrogens is 3. The van der Waals surface area contributed by atoms with Crippen LogP contribution >= 0.6 is 35.0 Å². The van der Waals surface area contributed by atoms with Gasteiger partial charge in [-0.05, 0) is 69.5 Å². The van der Waals surface area contributed by atoms with Crippen molar-refractivity contribution in [1.82, 2.24) is 20.1 Å². The molecule has 2 amide bonds. The average Bonchev–Trinajstić information content (AvgIpc) is 3.29. The fourth-order valence-corrected chi connectivity index (χ4v) is 5.21. The number of ether oxygens (including phenoxy) is 1. The number of nitrogens with zero attached hydrogens (tertiary/aromatic N) is 3. The van der Waals surface area contributed by atoms with Gasteiger partial charge >= 0.3 is 5.97 Å². The van der Waals surface area contributed by atoms with Crippen LogP contribution in [0.15, 0.2) is 47.6 Å². The molecule has 0 saturated heterocycles. The van der Waals surface area contributed by atoms with Gasteiger partial charge in [-0.15, -0.1) is 10.2 Å². The molecule has 1 aromatic heterocycles. The normalized spacial score (nSPS) is 11.9. The lowest BCUT2D eigenvalue weighted by Gasteiger charge is -2.21. The molecular weight excluding hydrogens is 573 g/mol. The highest BCUT2D eigenvalue weighted by molar-refractivity contribution is 7.99. The van der Waals surface area contributed by atoms with Crippen LogP contribution in [-0.2, 0) is 16.1 Å². The van der Waals surface area contributed by atoms with Gasteiger partial charge in [0, 0.05) is 17.3 Å². The number of benzene rings is 2. The van der Waals surface area contributed by atoms with E-state index in [2.05, 4.69) is 34.7 Å². The highest BCUT2D eigenvalue weighted by Crippen LogP contribution is 2.27. The number of carbonyl (C=O) groups is 3. The fraction of sp³-hybridized carbons (Fsp3) is 0.393. The van der Waals surface area contributed by atoms with Gasteiger partial charge in [-0.3, -0.25) is 9.59 Å². The molecule has 214 valence electrons. The van der Waals surface area contributed by atoms with E-state index in [9.17, 15) is 14.4 Å². The van der Waals surface area contributed by atoms with Gasteiger partial charge in [0.2, 0.25) is 5.91 Å². The molecule has 2 N–H and O–H groups in total. The number of hydrogen-bond donors (Lipinski definition) is 2. The van der Waals surface area contributed by atoms with Crippen molar-refractivity contribution in [2.24, 2.45) is 5.92 Å². The van der Waals surface area contributed by atoms with E-state index in [-0.39, 0.29) is 34.6 Å². The van der Waals surface area contributed by atoms with Crippen LogP contribution in [0.5, 0.6) is 0 Å². The summed E-state index contributed by atoms with van der Waals surface area (Å²) in [7, 11) is 0. The molecule has 9 nitrogen and oxygen atoms in total. The first kappa shape index (κ1) is 31.4. The Hall–Kier alpha value is -3.08. The predicted octanol–water partition coefficient (Wildman–Crippen LogP) is 6.42. The number of thioether (sulfide) groups is 1. The van der Waals surface area contributed by atoms with E-state index in [1.807, 2.05) is 11.5 Å². The minimum Gasteiger partial charge on any atom is -0.459 e. The minimum absolute atomic E-state index is 0.0698. The molecule has 0 unspecified atom stereocenters. The summed E-state index contributed by atoms with van der Waals surface area (Å²) in [5, 5.41) is 15.8. The summed E-state index contributed by atoms with van der Waals surface area (Å²) in [5.41, 5.74) is 1.16. The molecule has 0 saturated carbocycles. The molecule has 3 aromatic rings. The van der Waals surface area contributed by atoms with Crippen LogP contribution in [0.3, 0.4) is 0 Å². The number of halogens is 2. The third-order valence-corrected chi connectivity index (χ3v) is 7.13. The van der Waals surface area contributed by atoms with E-state index in [1.54, 1.807) is 50.2 Å². The van der Waals surface area contributed by atoms with Crippen molar-refractivity contribution in [3.8, 4) is 0 Å². The minimum atomic E-state index is -0.453. The van der Waals surface area contributed by atoms with Crippen molar-refractivity contribution in [1.29, 1.82) is 0 Å². The first-order valence-corrected chi connectivity index (χ1v) is 14.6. The Morgan fingerprint density at radius 3 is 2.45 bits per heavy atom. The van der Waals surface area contributed by atoms with Gasteiger partial charge in [0.05, 0.1) is 34.0 Å². The molecule has 1 atom stereocenters. The van der Waals surface area contributed by atoms with Gasteiger partial charge in [-0.1, -0.05) is 54.9 Å². The summed E-state index contributed by atoms with van der Waals surface area (Å²) in [5.74, 6) is -0.148. The number of hydrogen-bond acceptors (Lipinski definition) is 7. The zero-order valence-corrected chi connectivity index (χ0v) is 25.4. The summed E-state index contributed by atoms with van der Waals surface area (Å²) in [6.07, 6.45) is 0.377. The number of nitrogens with one attached hydrogen (secondary N) is 2. The maximum Gasteiger partial charge on any atom is 0.338 e. The Morgan fingerprint density at radius 1 is 1.05 bits per heavy atom. The second-order valence-corrected chi connectivity index (χ2v) is 11.5. The number of amides is 2. The zero-order chi connectivity index (χ0) is 29.4. The Balaban J connectivity index is 1.71. The van der Waals surface area contributed by atoms with Gasteiger partial charge in [0.15, 0.2) is 11.0 Å². The van der Waals surface area contributed by atoms with E-state index in [4.69, 9.17) is 27.9 Å². The summed E-state index contributed by atoms with van der Waals surface area (Å²) < 4.78 is 7.11. The van der Waals surface area contributed by atoms with Crippen LogP contribution in [0.25, 0.3) is 0 Å². The van der Waals surface area contributed by atoms with Gasteiger partial charge in [-0.2, -0.15) is 0 Å². The second-order valence-electron chi connectivity index (χ2n) is 9.74. The van der Waals surface area contributed by atoms with E-state index in [1.165, 1.54) is 17.8 Å². The maximum absolute atomic E-state index is 13.1. The molecule has 0 aliphatic rings. The van der Waals surface area contributed by atoms with E-state index < -0.39 is 12.0 Å². The third-order valence-electron chi connectivity index (χ3n) is 5.62. The molecule has 0 bridgehead atoms. The lowest BCUT2D eigenvalue weighted by atomic mass is 10.0. The summed E-state index contributed by atoms with van der Waals surface area (Å²) in [6.45, 7) is 10.1. The topological polar surface area (TPSA) is 115 Å². The van der Waals surface area contributed by atoms with Gasteiger partial charge in [-0.25, -0.2) is 4.79 Å². The Bertz CT molecular complexity index is 1360. The van der Waals surface area contributed by atoms with Crippen molar-refractivity contribution in [3.05, 3.63) is 69.5 Å². The Labute approximate surface area is 248 Å². The fourth-order valence-electron chi connectivity index (χ4n) is 3.90. The van der Waals surface area contributed by atoms with Crippen molar-refractivity contribution < 1.29 is 19.1 Å². The summed E-state index contributed by atoms with van der Waals surface area (Å²) in [4.78, 5) is 38.0. The van der Waals surface area contributed by atoms with Crippen LogP contribution in [0.4, 0.5) is 5.69 Å². The highest BCUT2D eigenvalue weighted by atomic mass is 35.5. The van der Waals surface area contributed by atoms with Crippen molar-refractivity contribution in [3.63, 3.8) is 0 Å². The predicted molar refractivity (Wildman–Crippen MR) is 158 cm³/mol. The molecule has 0 aliphatic heterocycles. The second kappa shape index (κ2) is 14.5. The molecule has 0 radical (unpaired) electrons. The van der Waals surface area contributed by atoms with E-state index >= 15 is 0 Å². The molecular formula is C28H33Cl2N5O4S. The number of carbonyl (C=O) groups excluding carboxylic acids is 3. The van der Waals surface area contributed by atoms with Crippen LogP contribution in [0, 0.1) is 5.92 Å². The SMILES string of the molecule is CCn1c(SCC(=O)Nc2cccc(C(=O)OC(C)C)c2)nnc1[C@@H](CC(C)C)NC(=O)c1ccc(Cl)cc1Cl. The van der Waals surface area contributed by atoms with Crippen LogP contribution in [0.1, 0.15) is 73.6 Å². The first-order chi connectivity index (χ1) is 19.0. The maximum atomic E-state index is 13.1. The number of esters is 1. The molecule has 12 heteroatoms. The lowest BCUT2D eigenvalue weighted by Crippen LogP contribution is -2.32. The van der Waals surface area contributed by atoms with Crippen molar-refractivity contribution in [2.45, 2.75) is 64.9 Å². The number of rotatable bonds is 12. The van der Waals surface area contributed by atoms with Crippen molar-refractivity contribution >= 4 is 58.4 Å². The van der Waals surface area contributed by atoms with Gasteiger partial charge in [0.1, 0.15) is 0 Å². The summed E-state index contributed by atoms with van der Waals surface area (Å²) in [6, 6.07) is 10.9. The monoisotopic (exact) mass is 605 g/mol. The van der Waals surface area contributed by atoms with E-state index in [0.29, 0.717) is 45.8 Å². The average molecular weight is 607 g/mol. The third kappa shape index (κ3) is 8.71.